The maximum Gasteiger partial charge on any atom is 0.257 e. The molecule has 1 N–H and O–H groups in total. The van der Waals surface area contributed by atoms with Gasteiger partial charge in [-0.3, -0.25) is 4.79 Å². The predicted octanol–water partition coefficient (Wildman–Crippen LogP) is 4.58. The van der Waals surface area contributed by atoms with E-state index < -0.39 is 0 Å². The van der Waals surface area contributed by atoms with Crippen molar-refractivity contribution in [1.29, 1.82) is 0 Å². The summed E-state index contributed by atoms with van der Waals surface area (Å²) >= 11 is 6.08. The van der Waals surface area contributed by atoms with Crippen LogP contribution in [0.2, 0.25) is 5.02 Å². The first-order chi connectivity index (χ1) is 12.7. The summed E-state index contributed by atoms with van der Waals surface area (Å²) in [7, 11) is 0. The van der Waals surface area contributed by atoms with Crippen LogP contribution in [0.3, 0.4) is 0 Å². The van der Waals surface area contributed by atoms with E-state index in [-0.39, 0.29) is 5.91 Å². The van der Waals surface area contributed by atoms with E-state index in [9.17, 15) is 4.79 Å². The Balaban J connectivity index is 1.54. The Morgan fingerprint density at radius 2 is 1.81 bits per heavy atom. The van der Waals surface area contributed by atoms with Crippen molar-refractivity contribution in [3.63, 3.8) is 0 Å². The third-order valence-corrected chi connectivity index (χ3v) is 4.96. The van der Waals surface area contributed by atoms with Crippen LogP contribution in [0.1, 0.15) is 35.4 Å². The molecule has 0 saturated carbocycles. The zero-order chi connectivity index (χ0) is 17.9. The van der Waals surface area contributed by atoms with Crippen molar-refractivity contribution in [2.24, 2.45) is 0 Å². The van der Waals surface area contributed by atoms with Crippen LogP contribution >= 0.6 is 11.6 Å². The lowest BCUT2D eigenvalue weighted by Crippen LogP contribution is -2.12. The zero-order valence-electron chi connectivity index (χ0n) is 14.3. The average molecular weight is 367 g/mol. The SMILES string of the molecule is O=C(Nc1ccc(-c2nnc3n2CCCCC3)cc1)c1ccccc1Cl. The lowest BCUT2D eigenvalue weighted by Gasteiger charge is -2.09. The summed E-state index contributed by atoms with van der Waals surface area (Å²) in [5.74, 6) is 1.74. The number of nitrogens with one attached hydrogen (secondary N) is 1. The van der Waals surface area contributed by atoms with Gasteiger partial charge in [-0.1, -0.05) is 30.2 Å². The molecule has 1 aliphatic heterocycles. The standard InChI is InChI=1S/C20H19ClN4O/c21-17-7-4-3-6-16(17)20(26)22-15-11-9-14(10-12-15)19-24-23-18-8-2-1-5-13-25(18)19/h3-4,6-7,9-12H,1-2,5,8,13H2,(H,22,26). The monoisotopic (exact) mass is 366 g/mol. The molecule has 1 amide bonds. The summed E-state index contributed by atoms with van der Waals surface area (Å²) < 4.78 is 2.21. The van der Waals surface area contributed by atoms with Crippen molar-refractivity contribution < 1.29 is 4.79 Å². The van der Waals surface area contributed by atoms with Crippen LogP contribution in [0.5, 0.6) is 0 Å². The van der Waals surface area contributed by atoms with Crippen molar-refractivity contribution in [1.82, 2.24) is 14.8 Å². The van der Waals surface area contributed by atoms with Crippen molar-refractivity contribution in [2.75, 3.05) is 5.32 Å². The third kappa shape index (κ3) is 3.35. The number of aryl methyl sites for hydroxylation is 1. The number of fused-ring (bicyclic) bond motifs is 1. The summed E-state index contributed by atoms with van der Waals surface area (Å²) in [5.41, 5.74) is 2.18. The number of carbonyl (C=O) groups excluding carboxylic acids is 1. The smallest absolute Gasteiger partial charge is 0.257 e. The van der Waals surface area contributed by atoms with E-state index in [0.717, 1.165) is 36.6 Å². The van der Waals surface area contributed by atoms with Crippen molar-refractivity contribution >= 4 is 23.2 Å². The lowest BCUT2D eigenvalue weighted by atomic mass is 10.1. The van der Waals surface area contributed by atoms with Gasteiger partial charge in [0.25, 0.3) is 5.91 Å². The van der Waals surface area contributed by atoms with Crippen LogP contribution in [0, 0.1) is 0 Å². The van der Waals surface area contributed by atoms with E-state index in [1.165, 1.54) is 12.8 Å². The van der Waals surface area contributed by atoms with E-state index in [2.05, 4.69) is 20.1 Å². The molecule has 2 heterocycles. The van der Waals surface area contributed by atoms with Crippen LogP contribution in [0.25, 0.3) is 11.4 Å². The van der Waals surface area contributed by atoms with Gasteiger partial charge in [-0.25, -0.2) is 0 Å². The summed E-state index contributed by atoms with van der Waals surface area (Å²) in [6.45, 7) is 0.961. The number of anilines is 1. The molecule has 0 bridgehead atoms. The van der Waals surface area contributed by atoms with Crippen molar-refractivity contribution in [3.05, 3.63) is 64.9 Å². The molecule has 1 aliphatic rings. The number of rotatable bonds is 3. The second kappa shape index (κ2) is 7.30. The molecular weight excluding hydrogens is 348 g/mol. The van der Waals surface area contributed by atoms with Gasteiger partial charge >= 0.3 is 0 Å². The van der Waals surface area contributed by atoms with Crippen molar-refractivity contribution in [2.45, 2.75) is 32.2 Å². The largest absolute Gasteiger partial charge is 0.322 e. The molecule has 0 fully saturated rings. The van der Waals surface area contributed by atoms with Crippen LogP contribution < -0.4 is 5.32 Å². The Morgan fingerprint density at radius 1 is 1.00 bits per heavy atom. The van der Waals surface area contributed by atoms with Gasteiger partial charge < -0.3 is 9.88 Å². The van der Waals surface area contributed by atoms with Crippen LogP contribution in [0.4, 0.5) is 5.69 Å². The van der Waals surface area contributed by atoms with E-state index in [0.29, 0.717) is 16.3 Å². The number of nitrogens with zero attached hydrogens (tertiary/aromatic N) is 3. The molecule has 2 aromatic carbocycles. The van der Waals surface area contributed by atoms with Crippen molar-refractivity contribution in [3.8, 4) is 11.4 Å². The number of amides is 1. The Kier molecular flexibility index (Phi) is 4.71. The molecule has 132 valence electrons. The van der Waals surface area contributed by atoms with Crippen LogP contribution in [0.15, 0.2) is 48.5 Å². The Labute approximate surface area is 157 Å². The fourth-order valence-electron chi connectivity index (χ4n) is 3.24. The predicted molar refractivity (Wildman–Crippen MR) is 102 cm³/mol. The van der Waals surface area contributed by atoms with E-state index in [1.54, 1.807) is 24.3 Å². The molecule has 0 radical (unpaired) electrons. The minimum atomic E-state index is -0.223. The Bertz CT molecular complexity index is 933. The molecule has 3 aromatic rings. The summed E-state index contributed by atoms with van der Waals surface area (Å²) in [5, 5.41) is 12.0. The minimum Gasteiger partial charge on any atom is -0.322 e. The van der Waals surface area contributed by atoms with Gasteiger partial charge in [0.05, 0.1) is 10.6 Å². The second-order valence-corrected chi connectivity index (χ2v) is 6.82. The van der Waals surface area contributed by atoms with Gasteiger partial charge in [0.2, 0.25) is 0 Å². The van der Waals surface area contributed by atoms with E-state index >= 15 is 0 Å². The molecule has 0 atom stereocenters. The number of aromatic nitrogens is 3. The summed E-state index contributed by atoms with van der Waals surface area (Å²) in [6, 6.07) is 14.7. The van der Waals surface area contributed by atoms with E-state index in [1.807, 2.05) is 24.3 Å². The number of benzene rings is 2. The van der Waals surface area contributed by atoms with Gasteiger partial charge in [0, 0.05) is 24.2 Å². The third-order valence-electron chi connectivity index (χ3n) is 4.63. The molecule has 5 nitrogen and oxygen atoms in total. The topological polar surface area (TPSA) is 59.8 Å². The molecule has 6 heteroatoms. The van der Waals surface area contributed by atoms with Gasteiger partial charge in [0.1, 0.15) is 5.82 Å². The lowest BCUT2D eigenvalue weighted by molar-refractivity contribution is 0.102. The average Bonchev–Trinajstić information content (AvgIpc) is 2.91. The number of hydrogen-bond donors (Lipinski definition) is 1. The first kappa shape index (κ1) is 16.8. The Morgan fingerprint density at radius 3 is 2.62 bits per heavy atom. The highest BCUT2D eigenvalue weighted by Gasteiger charge is 2.16. The van der Waals surface area contributed by atoms with Gasteiger partial charge in [-0.15, -0.1) is 10.2 Å². The molecule has 26 heavy (non-hydrogen) atoms. The first-order valence-electron chi connectivity index (χ1n) is 8.81. The fourth-order valence-corrected chi connectivity index (χ4v) is 3.47. The van der Waals surface area contributed by atoms with Crippen LogP contribution in [-0.4, -0.2) is 20.7 Å². The van der Waals surface area contributed by atoms with Gasteiger partial charge in [-0.05, 0) is 49.2 Å². The maximum absolute atomic E-state index is 12.4. The van der Waals surface area contributed by atoms with Gasteiger partial charge in [0.15, 0.2) is 5.82 Å². The normalized spacial score (nSPS) is 13.7. The highest BCUT2D eigenvalue weighted by molar-refractivity contribution is 6.34. The fraction of sp³-hybridized carbons (Fsp3) is 0.250. The quantitative estimate of drug-likeness (QED) is 0.738. The minimum absolute atomic E-state index is 0.223. The number of hydrogen-bond acceptors (Lipinski definition) is 3. The molecule has 0 unspecified atom stereocenters. The first-order valence-corrected chi connectivity index (χ1v) is 9.18. The Hall–Kier alpha value is -2.66. The number of carbonyl (C=O) groups is 1. The maximum atomic E-state index is 12.4. The molecule has 0 spiro atoms. The van der Waals surface area contributed by atoms with Gasteiger partial charge in [-0.2, -0.15) is 0 Å². The molecule has 0 saturated heterocycles. The summed E-state index contributed by atoms with van der Waals surface area (Å²) in [6.07, 6.45) is 4.55. The number of halogens is 1. The van der Waals surface area contributed by atoms with Crippen LogP contribution in [-0.2, 0) is 13.0 Å². The second-order valence-electron chi connectivity index (χ2n) is 6.41. The van der Waals surface area contributed by atoms with E-state index in [4.69, 9.17) is 11.6 Å². The summed E-state index contributed by atoms with van der Waals surface area (Å²) in [4.78, 5) is 12.4. The highest BCUT2D eigenvalue weighted by Crippen LogP contribution is 2.24. The molecule has 4 rings (SSSR count). The molecule has 1 aromatic heterocycles. The highest BCUT2D eigenvalue weighted by atomic mass is 35.5. The zero-order valence-corrected chi connectivity index (χ0v) is 15.0. The molecule has 0 aliphatic carbocycles. The molecular formula is C20H19ClN4O.